The highest BCUT2D eigenvalue weighted by atomic mass is 32.3. The predicted octanol–water partition coefficient (Wildman–Crippen LogP) is 10.9. The van der Waals surface area contributed by atoms with Gasteiger partial charge in [-0.1, -0.05) is 194 Å². The molecule has 1 aliphatic heterocycles. The number of likely N-dealkylation sites (N-methyl/N-ethyl adjacent to an activating group) is 1. The molecule has 0 fully saturated rings. The van der Waals surface area contributed by atoms with Crippen molar-refractivity contribution in [3.63, 3.8) is 0 Å². The van der Waals surface area contributed by atoms with Gasteiger partial charge in [0.05, 0.1) is 13.7 Å². The molecule has 0 spiro atoms. The van der Waals surface area contributed by atoms with Crippen LogP contribution in [0.15, 0.2) is 0 Å². The molecule has 0 aromatic rings. The average Bonchev–Trinajstić information content (AvgIpc) is 3.64. The quantitative estimate of drug-likeness (QED) is 0.0284. The van der Waals surface area contributed by atoms with Gasteiger partial charge in [0, 0.05) is 19.9 Å². The Hall–Kier alpha value is -1.52. The van der Waals surface area contributed by atoms with E-state index in [1.807, 2.05) is 0 Å². The fourth-order valence-electron chi connectivity index (χ4n) is 6.68. The Balaban J connectivity index is 0. The summed E-state index contributed by atoms with van der Waals surface area (Å²) in [5.74, 6) is 1.38. The maximum atomic E-state index is 12.2. The van der Waals surface area contributed by atoms with Crippen molar-refractivity contribution >= 4 is 27.9 Å². The number of ketones is 1. The average molecular weight is 774 g/mol. The monoisotopic (exact) mass is 774 g/mol. The highest BCUT2D eigenvalue weighted by Gasteiger charge is 2.26. The maximum Gasteiger partial charge on any atom is 0.314 e. The van der Waals surface area contributed by atoms with Crippen molar-refractivity contribution in [2.75, 3.05) is 33.8 Å². The van der Waals surface area contributed by atoms with Crippen LogP contribution in [0.2, 0.25) is 0 Å². The van der Waals surface area contributed by atoms with Gasteiger partial charge >= 0.3 is 5.84 Å². The van der Waals surface area contributed by atoms with Crippen LogP contribution in [-0.2, 0) is 24.2 Å². The van der Waals surface area contributed by atoms with Crippen LogP contribution in [0.4, 0.5) is 0 Å². The zero-order chi connectivity index (χ0) is 39.7. The molecule has 10 heteroatoms. The smallest absolute Gasteiger partial charge is 0.314 e. The third kappa shape index (κ3) is 41.5. The second-order valence-corrected chi connectivity index (χ2v) is 16.1. The van der Waals surface area contributed by atoms with E-state index < -0.39 is 10.4 Å². The molecule has 0 saturated carbocycles. The zero-order valence-electron chi connectivity index (χ0n) is 35.6. The van der Waals surface area contributed by atoms with Gasteiger partial charge in [0.1, 0.15) is 13.1 Å². The van der Waals surface area contributed by atoms with Gasteiger partial charge in [0.2, 0.25) is 22.1 Å². The van der Waals surface area contributed by atoms with Crippen LogP contribution in [0.3, 0.4) is 0 Å². The zero-order valence-corrected chi connectivity index (χ0v) is 36.4. The maximum absolute atomic E-state index is 12.2. The molecule has 0 unspecified atom stereocenters. The highest BCUT2D eigenvalue weighted by Crippen LogP contribution is 2.15. The number of amides is 1. The largest absolute Gasteiger partial charge is 0.726 e. The van der Waals surface area contributed by atoms with Crippen LogP contribution in [-0.4, -0.2) is 68.9 Å². The molecule has 0 atom stereocenters. The van der Waals surface area contributed by atoms with Gasteiger partial charge in [0.25, 0.3) is 0 Å². The summed E-state index contributed by atoms with van der Waals surface area (Å²) >= 11 is 0. The number of nitrogens with zero attached hydrogens (tertiary/aromatic N) is 1. The summed E-state index contributed by atoms with van der Waals surface area (Å²) in [4.78, 5) is 23.2. The first-order valence-corrected chi connectivity index (χ1v) is 23.6. The molecule has 0 saturated heterocycles. The fourth-order valence-corrected chi connectivity index (χ4v) is 6.68. The minimum Gasteiger partial charge on any atom is -0.726 e. The number of amidine groups is 1. The molecule has 0 radical (unpaired) electrons. The van der Waals surface area contributed by atoms with Gasteiger partial charge in [0.15, 0.2) is 0 Å². The summed E-state index contributed by atoms with van der Waals surface area (Å²) in [6, 6.07) is 0. The van der Waals surface area contributed by atoms with Gasteiger partial charge in [-0.25, -0.2) is 8.42 Å². The number of rotatable bonds is 35. The molecule has 9 nitrogen and oxygen atoms in total. The van der Waals surface area contributed by atoms with Crippen LogP contribution >= 0.6 is 0 Å². The molecule has 316 valence electrons. The number of carbonyl (C=O) groups excluding carboxylic acids is 2. The van der Waals surface area contributed by atoms with E-state index in [0.29, 0.717) is 12.2 Å². The molecule has 0 aromatic carbocycles. The third-order valence-electron chi connectivity index (χ3n) is 10.1. The highest BCUT2D eigenvalue weighted by molar-refractivity contribution is 7.80. The first-order valence-electron chi connectivity index (χ1n) is 22.3. The van der Waals surface area contributed by atoms with Crippen LogP contribution in [0, 0.1) is 0 Å². The lowest BCUT2D eigenvalue weighted by atomic mass is 10.0. The molecular formula is C43H87N3O6S. The minimum absolute atomic E-state index is 0.185. The number of hydrogen-bond acceptors (Lipinski definition) is 7. The Morgan fingerprint density at radius 2 is 0.906 bits per heavy atom. The number of nitrogens with one attached hydrogen (secondary N) is 2. The third-order valence-corrected chi connectivity index (χ3v) is 10.5. The predicted molar refractivity (Wildman–Crippen MR) is 224 cm³/mol. The van der Waals surface area contributed by atoms with E-state index in [1.165, 1.54) is 180 Å². The number of hydrogen-bond donors (Lipinski definition) is 2. The van der Waals surface area contributed by atoms with Gasteiger partial charge in [-0.2, -0.15) is 0 Å². The van der Waals surface area contributed by atoms with E-state index in [1.54, 1.807) is 7.05 Å². The fraction of sp³-hybridized carbons (Fsp3) is 0.930. The standard InChI is InChI=1S/C23H44N2O.C19H39NO.CH4O4S/c1-3-5-6-7-8-9-10-11-12-13-14-15-16-17-18-19-22(26)23-24-20-21-25(23)4-2;1-3-4-5-6-7-8-9-10-11-12-13-14-15-16-17-18-19(21)20-2;1-5-6(2,3)4/h3-21H2,1-2H3;3-18H2,1-2H3,(H,20,21);1H3,(H,2,3,4). The van der Waals surface area contributed by atoms with Crippen molar-refractivity contribution < 1.29 is 31.3 Å². The van der Waals surface area contributed by atoms with E-state index in [9.17, 15) is 22.6 Å². The minimum atomic E-state index is -4.41. The first kappa shape index (κ1) is 53.6. The molecule has 0 aromatic heterocycles. The molecule has 0 aliphatic carbocycles. The Morgan fingerprint density at radius 3 is 1.19 bits per heavy atom. The van der Waals surface area contributed by atoms with Crippen molar-refractivity contribution in [3.8, 4) is 0 Å². The number of Topliss-reactive ketones (excluding diaryl/α,β-unsaturated/α-hetero) is 1. The van der Waals surface area contributed by atoms with Crippen molar-refractivity contribution in [3.05, 3.63) is 0 Å². The molecule has 2 N–H and O–H groups in total. The van der Waals surface area contributed by atoms with E-state index in [0.717, 1.165) is 51.8 Å². The topological polar surface area (TPSA) is 128 Å². The SMILES string of the molecule is CCCCCCCCCCCCCCCCCC(=O)C1=[N+](CC)CCN1.CCCCCCCCCCCCCCCCCC(=O)NC.COS(=O)(=O)[O-]. The Bertz CT molecular complexity index is 958. The lowest BCUT2D eigenvalue weighted by Crippen LogP contribution is -2.31. The van der Waals surface area contributed by atoms with E-state index >= 15 is 0 Å². The van der Waals surface area contributed by atoms with Gasteiger partial charge < -0.3 is 9.87 Å². The lowest BCUT2D eigenvalue weighted by Gasteiger charge is -2.03. The van der Waals surface area contributed by atoms with Gasteiger partial charge in [-0.15, -0.1) is 0 Å². The van der Waals surface area contributed by atoms with E-state index in [2.05, 4.69) is 40.2 Å². The summed E-state index contributed by atoms with van der Waals surface area (Å²) in [7, 11) is -1.89. The Kier molecular flexibility index (Phi) is 42.1. The normalized spacial score (nSPS) is 12.5. The Labute approximate surface area is 329 Å². The van der Waals surface area contributed by atoms with E-state index in [4.69, 9.17) is 0 Å². The van der Waals surface area contributed by atoms with Crippen LogP contribution in [0.5, 0.6) is 0 Å². The summed E-state index contributed by atoms with van der Waals surface area (Å²) in [6.07, 6.45) is 42.5. The van der Waals surface area contributed by atoms with Gasteiger partial charge in [-0.3, -0.25) is 23.7 Å². The Morgan fingerprint density at radius 1 is 0.604 bits per heavy atom. The molecule has 0 bridgehead atoms. The summed E-state index contributed by atoms with van der Waals surface area (Å²) in [5.41, 5.74) is 0. The van der Waals surface area contributed by atoms with Crippen molar-refractivity contribution in [2.45, 2.75) is 226 Å². The molecule has 53 heavy (non-hydrogen) atoms. The van der Waals surface area contributed by atoms with Crippen LogP contribution in [0.25, 0.3) is 0 Å². The van der Waals surface area contributed by atoms with Crippen LogP contribution in [0.1, 0.15) is 226 Å². The van der Waals surface area contributed by atoms with E-state index in [-0.39, 0.29) is 5.91 Å². The lowest BCUT2D eigenvalue weighted by molar-refractivity contribution is -0.513. The summed E-state index contributed by atoms with van der Waals surface area (Å²) in [5, 5.41) is 5.93. The molecule has 1 amide bonds. The van der Waals surface area contributed by atoms with Crippen molar-refractivity contribution in [2.24, 2.45) is 0 Å². The molecule has 1 aliphatic rings. The van der Waals surface area contributed by atoms with Crippen LogP contribution < -0.4 is 10.6 Å². The van der Waals surface area contributed by atoms with Crippen molar-refractivity contribution in [1.82, 2.24) is 10.6 Å². The molecular weight excluding hydrogens is 687 g/mol. The number of carbonyl (C=O) groups is 2. The first-order chi connectivity index (χ1) is 25.7. The van der Waals surface area contributed by atoms with Gasteiger partial charge in [-0.05, 0) is 19.8 Å². The van der Waals surface area contributed by atoms with Crippen molar-refractivity contribution in [1.29, 1.82) is 0 Å². The second-order valence-electron chi connectivity index (χ2n) is 14.9. The number of unbranched alkanes of at least 4 members (excludes halogenated alkanes) is 28. The second kappa shape index (κ2) is 41.6. The summed E-state index contributed by atoms with van der Waals surface area (Å²) in [6.45, 7) is 9.53. The molecule has 1 rings (SSSR count). The molecule has 1 heterocycles. The summed E-state index contributed by atoms with van der Waals surface area (Å²) < 4.78 is 33.2.